The first-order valence-corrected chi connectivity index (χ1v) is 12.4. The third kappa shape index (κ3) is 5.34. The predicted octanol–water partition coefficient (Wildman–Crippen LogP) is 2.94. The molecule has 0 atom stereocenters. The van der Waals surface area contributed by atoms with Crippen molar-refractivity contribution in [3.05, 3.63) is 41.4 Å². The number of rotatable bonds is 7. The van der Waals surface area contributed by atoms with Gasteiger partial charge in [0.25, 0.3) is 0 Å². The van der Waals surface area contributed by atoms with Crippen LogP contribution >= 0.6 is 11.8 Å². The van der Waals surface area contributed by atoms with Crippen LogP contribution in [-0.2, 0) is 17.9 Å². The second-order valence-corrected chi connectivity index (χ2v) is 9.55. The fraction of sp³-hybridized carbons (Fsp3) is 0.435. The third-order valence-corrected chi connectivity index (χ3v) is 7.25. The molecular weight excluding hydrogens is 476 g/mol. The van der Waals surface area contributed by atoms with Crippen molar-refractivity contribution < 1.29 is 18.3 Å². The Morgan fingerprint density at radius 1 is 1.03 bits per heavy atom. The normalized spacial score (nSPS) is 19.9. The molecule has 0 radical (unpaired) electrons. The summed E-state index contributed by atoms with van der Waals surface area (Å²) in [5.74, 6) is -0.356. The molecule has 0 spiro atoms. The molecule has 2 aromatic heterocycles. The zero-order valence-electron chi connectivity index (χ0n) is 19.1. The summed E-state index contributed by atoms with van der Waals surface area (Å²) in [5.41, 5.74) is 1.26. The molecule has 1 saturated carbocycles. The lowest BCUT2D eigenvalue weighted by atomic mass is 9.91. The summed E-state index contributed by atoms with van der Waals surface area (Å²) in [6.45, 7) is 0.790. The van der Waals surface area contributed by atoms with Crippen molar-refractivity contribution in [2.45, 2.75) is 55.9 Å². The van der Waals surface area contributed by atoms with E-state index < -0.39 is 11.6 Å². The van der Waals surface area contributed by atoms with Crippen LogP contribution in [0, 0.1) is 11.6 Å². The molecule has 5 rings (SSSR count). The Bertz CT molecular complexity index is 1250. The lowest BCUT2D eigenvalue weighted by Crippen LogP contribution is -2.39. The number of aromatic nitrogens is 4. The molecule has 3 heterocycles. The number of nitrogens with one attached hydrogen (secondary N) is 3. The maximum Gasteiger partial charge on any atom is 0.236 e. The van der Waals surface area contributed by atoms with Crippen molar-refractivity contribution in [1.82, 2.24) is 30.6 Å². The SMILES string of the molecule is COc1cnc2c(F)cc(F)c(CNC3CCC(NCc4cnc5c(n4)NC(=O)CS5)CC3)c2n1. The molecule has 2 aliphatic rings. The van der Waals surface area contributed by atoms with Gasteiger partial charge in [0.1, 0.15) is 21.9 Å². The van der Waals surface area contributed by atoms with E-state index in [0.29, 0.717) is 24.2 Å². The summed E-state index contributed by atoms with van der Waals surface area (Å²) in [4.78, 5) is 28.7. The lowest BCUT2D eigenvalue weighted by Gasteiger charge is -2.30. The number of halogens is 2. The van der Waals surface area contributed by atoms with Crippen LogP contribution < -0.4 is 20.7 Å². The van der Waals surface area contributed by atoms with E-state index >= 15 is 0 Å². The van der Waals surface area contributed by atoms with Gasteiger partial charge in [0, 0.05) is 36.8 Å². The van der Waals surface area contributed by atoms with Gasteiger partial charge in [0.05, 0.1) is 31.0 Å². The highest BCUT2D eigenvalue weighted by Gasteiger charge is 2.23. The smallest absolute Gasteiger partial charge is 0.236 e. The number of fused-ring (bicyclic) bond motifs is 2. The highest BCUT2D eigenvalue weighted by Crippen LogP contribution is 2.28. The Hall–Kier alpha value is -2.96. The molecular formula is C23H25F2N7O2S. The minimum atomic E-state index is -0.743. The Kier molecular flexibility index (Phi) is 7.02. The minimum Gasteiger partial charge on any atom is -0.480 e. The van der Waals surface area contributed by atoms with Gasteiger partial charge in [-0.3, -0.25) is 4.79 Å². The van der Waals surface area contributed by atoms with Gasteiger partial charge in [0.15, 0.2) is 11.6 Å². The van der Waals surface area contributed by atoms with Crippen LogP contribution in [0.5, 0.6) is 5.88 Å². The van der Waals surface area contributed by atoms with Crippen molar-refractivity contribution in [3.8, 4) is 5.88 Å². The lowest BCUT2D eigenvalue weighted by molar-refractivity contribution is -0.113. The first-order valence-electron chi connectivity index (χ1n) is 11.4. The molecule has 3 aromatic rings. The number of hydrogen-bond acceptors (Lipinski definition) is 9. The number of methoxy groups -OCH3 is 1. The molecule has 3 N–H and O–H groups in total. The van der Waals surface area contributed by atoms with Crippen LogP contribution in [0.2, 0.25) is 0 Å². The van der Waals surface area contributed by atoms with Crippen LogP contribution in [0.1, 0.15) is 36.9 Å². The summed E-state index contributed by atoms with van der Waals surface area (Å²) in [6.07, 6.45) is 6.78. The van der Waals surface area contributed by atoms with E-state index in [0.717, 1.165) is 42.5 Å². The number of carbonyl (C=O) groups excluding carboxylic acids is 1. The van der Waals surface area contributed by atoms with Crippen LogP contribution in [0.4, 0.5) is 14.6 Å². The first-order chi connectivity index (χ1) is 17.0. The van der Waals surface area contributed by atoms with Gasteiger partial charge in [-0.15, -0.1) is 0 Å². The maximum absolute atomic E-state index is 14.6. The topological polar surface area (TPSA) is 114 Å². The molecule has 1 fully saturated rings. The van der Waals surface area contributed by atoms with Gasteiger partial charge in [-0.05, 0) is 25.7 Å². The van der Waals surface area contributed by atoms with Gasteiger partial charge in [0.2, 0.25) is 11.8 Å². The second kappa shape index (κ2) is 10.3. The minimum absolute atomic E-state index is 0.0281. The molecule has 1 amide bonds. The molecule has 1 aliphatic heterocycles. The zero-order valence-corrected chi connectivity index (χ0v) is 19.9. The number of hydrogen-bond donors (Lipinski definition) is 3. The van der Waals surface area contributed by atoms with Crippen molar-refractivity contribution in [1.29, 1.82) is 0 Å². The van der Waals surface area contributed by atoms with Crippen LogP contribution in [-0.4, -0.2) is 50.8 Å². The van der Waals surface area contributed by atoms with Crippen molar-refractivity contribution in [3.63, 3.8) is 0 Å². The number of carbonyl (C=O) groups is 1. The molecule has 0 saturated heterocycles. The molecule has 1 aromatic carbocycles. The van der Waals surface area contributed by atoms with Gasteiger partial charge in [-0.25, -0.2) is 28.7 Å². The summed E-state index contributed by atoms with van der Waals surface area (Å²) < 4.78 is 33.8. The molecule has 1 aliphatic carbocycles. The largest absolute Gasteiger partial charge is 0.480 e. The summed E-state index contributed by atoms with van der Waals surface area (Å²) in [7, 11) is 1.44. The Morgan fingerprint density at radius 3 is 2.51 bits per heavy atom. The van der Waals surface area contributed by atoms with E-state index in [4.69, 9.17) is 4.74 Å². The van der Waals surface area contributed by atoms with E-state index in [1.165, 1.54) is 25.1 Å². The third-order valence-electron chi connectivity index (χ3n) is 6.27. The average Bonchev–Trinajstić information content (AvgIpc) is 2.87. The van der Waals surface area contributed by atoms with E-state index in [1.54, 1.807) is 6.20 Å². The van der Waals surface area contributed by atoms with Gasteiger partial charge < -0.3 is 20.7 Å². The number of ether oxygens (including phenoxy) is 1. The van der Waals surface area contributed by atoms with Crippen molar-refractivity contribution >= 4 is 34.5 Å². The van der Waals surface area contributed by atoms with E-state index in [1.807, 2.05) is 0 Å². The van der Waals surface area contributed by atoms with Crippen LogP contribution in [0.15, 0.2) is 23.5 Å². The quantitative estimate of drug-likeness (QED) is 0.450. The van der Waals surface area contributed by atoms with Gasteiger partial charge in [-0.2, -0.15) is 0 Å². The highest BCUT2D eigenvalue weighted by atomic mass is 32.2. The highest BCUT2D eigenvalue weighted by molar-refractivity contribution is 8.00. The Labute approximate surface area is 204 Å². The Balaban J connectivity index is 1.15. The number of anilines is 1. The van der Waals surface area contributed by atoms with Crippen LogP contribution in [0.25, 0.3) is 11.0 Å². The maximum atomic E-state index is 14.6. The summed E-state index contributed by atoms with van der Waals surface area (Å²) in [5, 5.41) is 10.4. The summed E-state index contributed by atoms with van der Waals surface area (Å²) in [6, 6.07) is 1.39. The van der Waals surface area contributed by atoms with Crippen molar-refractivity contribution in [2.24, 2.45) is 0 Å². The number of thioether (sulfide) groups is 1. The molecule has 35 heavy (non-hydrogen) atoms. The average molecular weight is 502 g/mol. The fourth-order valence-electron chi connectivity index (χ4n) is 4.39. The van der Waals surface area contributed by atoms with Gasteiger partial charge in [-0.1, -0.05) is 11.8 Å². The van der Waals surface area contributed by atoms with E-state index in [2.05, 4.69) is 35.9 Å². The number of nitrogens with zero attached hydrogens (tertiary/aromatic N) is 4. The molecule has 9 nitrogen and oxygen atoms in total. The van der Waals surface area contributed by atoms with Crippen molar-refractivity contribution in [2.75, 3.05) is 18.2 Å². The van der Waals surface area contributed by atoms with Crippen LogP contribution in [0.3, 0.4) is 0 Å². The Morgan fingerprint density at radius 2 is 1.77 bits per heavy atom. The zero-order chi connectivity index (χ0) is 24.4. The fourth-order valence-corrected chi connectivity index (χ4v) is 5.09. The summed E-state index contributed by atoms with van der Waals surface area (Å²) >= 11 is 1.39. The molecule has 184 valence electrons. The van der Waals surface area contributed by atoms with E-state index in [9.17, 15) is 13.6 Å². The van der Waals surface area contributed by atoms with E-state index in [-0.39, 0.29) is 41.0 Å². The molecule has 12 heteroatoms. The second-order valence-electron chi connectivity index (χ2n) is 8.59. The number of benzene rings is 1. The monoisotopic (exact) mass is 501 g/mol. The first kappa shape index (κ1) is 23.8. The number of amides is 1. The van der Waals surface area contributed by atoms with Gasteiger partial charge >= 0.3 is 0 Å². The molecule has 0 bridgehead atoms. The predicted molar refractivity (Wildman–Crippen MR) is 127 cm³/mol. The standard InChI is InChI=1S/C23H25F2N7O2S/c1-34-19-10-28-21-17(25)6-16(24)15(20(21)32-19)9-27-13-4-2-12(3-5-13)26-7-14-8-29-23-22(30-14)31-18(33)11-35-23/h6,8,10,12-13,26-27H,2-5,7,9,11H2,1H3,(H,30,31,33). The molecule has 0 unspecified atom stereocenters.